The van der Waals surface area contributed by atoms with Crippen molar-refractivity contribution in [3.63, 3.8) is 0 Å². The van der Waals surface area contributed by atoms with Gasteiger partial charge in [-0.2, -0.15) is 9.97 Å². The fraction of sp³-hybridized carbons (Fsp3) is 0.474. The molecule has 1 N–H and O–H groups in total. The van der Waals surface area contributed by atoms with E-state index in [9.17, 15) is 0 Å². The van der Waals surface area contributed by atoms with Crippen LogP contribution in [-0.4, -0.2) is 69.7 Å². The molecule has 2 aliphatic rings. The Morgan fingerprint density at radius 1 is 0.889 bits per heavy atom. The van der Waals surface area contributed by atoms with Crippen LogP contribution in [0, 0.1) is 0 Å². The van der Waals surface area contributed by atoms with Gasteiger partial charge in [-0.3, -0.25) is 0 Å². The van der Waals surface area contributed by atoms with E-state index < -0.39 is 0 Å². The zero-order valence-corrected chi connectivity index (χ0v) is 15.6. The van der Waals surface area contributed by atoms with Crippen molar-refractivity contribution in [3.8, 4) is 5.75 Å². The van der Waals surface area contributed by atoms with Crippen molar-refractivity contribution < 1.29 is 14.2 Å². The number of methoxy groups -OCH3 is 1. The maximum Gasteiger partial charge on any atom is 0.229 e. The standard InChI is InChI=1S/C19H25N5O3/c1-25-16-4-2-15(3-5-16)20-17-14-18(23-6-10-26-11-7-23)22-19(21-17)24-8-12-27-13-9-24/h2-5,14H,6-13H2,1H3,(H,20,21,22). The predicted octanol–water partition coefficient (Wildman–Crippen LogP) is 1.90. The molecule has 0 saturated carbocycles. The van der Waals surface area contributed by atoms with Crippen molar-refractivity contribution >= 4 is 23.3 Å². The van der Waals surface area contributed by atoms with Crippen LogP contribution in [0.5, 0.6) is 5.75 Å². The van der Waals surface area contributed by atoms with E-state index in [0.29, 0.717) is 13.2 Å². The van der Waals surface area contributed by atoms with Gasteiger partial charge >= 0.3 is 0 Å². The van der Waals surface area contributed by atoms with Crippen LogP contribution in [0.4, 0.5) is 23.3 Å². The molecule has 8 nitrogen and oxygen atoms in total. The molecule has 0 amide bonds. The highest BCUT2D eigenvalue weighted by molar-refractivity contribution is 5.62. The van der Waals surface area contributed by atoms with E-state index >= 15 is 0 Å². The first-order valence-corrected chi connectivity index (χ1v) is 9.27. The van der Waals surface area contributed by atoms with Crippen molar-refractivity contribution in [2.24, 2.45) is 0 Å². The molecule has 0 aliphatic carbocycles. The molecule has 0 spiro atoms. The number of rotatable bonds is 5. The Bertz CT molecular complexity index is 707. The summed E-state index contributed by atoms with van der Waals surface area (Å²) in [5, 5.41) is 3.39. The number of aromatic nitrogens is 2. The second-order valence-corrected chi connectivity index (χ2v) is 6.46. The van der Waals surface area contributed by atoms with E-state index in [4.69, 9.17) is 24.2 Å². The monoisotopic (exact) mass is 371 g/mol. The van der Waals surface area contributed by atoms with E-state index in [1.54, 1.807) is 7.11 Å². The zero-order valence-electron chi connectivity index (χ0n) is 15.6. The minimum absolute atomic E-state index is 0.701. The number of hydrogen-bond donors (Lipinski definition) is 1. The van der Waals surface area contributed by atoms with Crippen molar-refractivity contribution in [1.29, 1.82) is 0 Å². The van der Waals surface area contributed by atoms with Gasteiger partial charge in [-0.25, -0.2) is 0 Å². The lowest BCUT2D eigenvalue weighted by Gasteiger charge is -2.31. The van der Waals surface area contributed by atoms with Gasteiger partial charge in [-0.1, -0.05) is 0 Å². The molecule has 144 valence electrons. The molecule has 2 saturated heterocycles. The van der Waals surface area contributed by atoms with Crippen LogP contribution in [0.1, 0.15) is 0 Å². The maximum atomic E-state index is 5.48. The summed E-state index contributed by atoms with van der Waals surface area (Å²) in [7, 11) is 1.66. The summed E-state index contributed by atoms with van der Waals surface area (Å²) < 4.78 is 16.2. The number of nitrogens with one attached hydrogen (secondary N) is 1. The molecule has 0 unspecified atom stereocenters. The van der Waals surface area contributed by atoms with E-state index in [2.05, 4.69) is 15.1 Å². The average Bonchev–Trinajstić information content (AvgIpc) is 2.75. The van der Waals surface area contributed by atoms with Crippen LogP contribution in [0.3, 0.4) is 0 Å². The van der Waals surface area contributed by atoms with Gasteiger partial charge in [0.2, 0.25) is 5.95 Å². The number of morpholine rings is 2. The van der Waals surface area contributed by atoms with Gasteiger partial charge in [0.1, 0.15) is 17.4 Å². The summed E-state index contributed by atoms with van der Waals surface area (Å²) >= 11 is 0. The van der Waals surface area contributed by atoms with Gasteiger partial charge in [0.05, 0.1) is 33.5 Å². The molecule has 27 heavy (non-hydrogen) atoms. The molecular weight excluding hydrogens is 346 g/mol. The first-order chi connectivity index (χ1) is 13.3. The first kappa shape index (κ1) is 17.8. The summed E-state index contributed by atoms with van der Waals surface area (Å²) in [5.41, 5.74) is 0.954. The van der Waals surface area contributed by atoms with Gasteiger partial charge in [-0.05, 0) is 24.3 Å². The molecule has 0 bridgehead atoms. The highest BCUT2D eigenvalue weighted by atomic mass is 16.5. The molecule has 1 aromatic heterocycles. The fourth-order valence-corrected chi connectivity index (χ4v) is 3.17. The normalized spacial score (nSPS) is 17.7. The molecule has 0 atom stereocenters. The van der Waals surface area contributed by atoms with Gasteiger partial charge < -0.3 is 29.3 Å². The Hall–Kier alpha value is -2.58. The van der Waals surface area contributed by atoms with Crippen LogP contribution in [0.2, 0.25) is 0 Å². The van der Waals surface area contributed by atoms with Crippen LogP contribution in [-0.2, 0) is 9.47 Å². The second-order valence-electron chi connectivity index (χ2n) is 6.46. The third kappa shape index (κ3) is 4.40. The van der Waals surface area contributed by atoms with Crippen LogP contribution in [0.15, 0.2) is 30.3 Å². The number of nitrogens with zero attached hydrogens (tertiary/aromatic N) is 4. The van der Waals surface area contributed by atoms with Gasteiger partial charge in [0.15, 0.2) is 0 Å². The van der Waals surface area contributed by atoms with Gasteiger partial charge in [-0.15, -0.1) is 0 Å². The topological polar surface area (TPSA) is 72.0 Å². The van der Waals surface area contributed by atoms with Crippen molar-refractivity contribution in [3.05, 3.63) is 30.3 Å². The molecule has 3 heterocycles. The molecule has 2 aromatic rings. The zero-order chi connectivity index (χ0) is 18.5. The minimum atomic E-state index is 0.701. The third-order valence-corrected chi connectivity index (χ3v) is 4.69. The summed E-state index contributed by atoms with van der Waals surface area (Å²) in [5.74, 6) is 3.26. The Labute approximate surface area is 159 Å². The molecule has 1 aromatic carbocycles. The number of hydrogen-bond acceptors (Lipinski definition) is 8. The number of anilines is 4. The van der Waals surface area contributed by atoms with Gasteiger partial charge in [0.25, 0.3) is 0 Å². The molecule has 0 radical (unpaired) electrons. The van der Waals surface area contributed by atoms with E-state index in [1.165, 1.54) is 0 Å². The minimum Gasteiger partial charge on any atom is -0.497 e. The Morgan fingerprint density at radius 3 is 2.15 bits per heavy atom. The van der Waals surface area contributed by atoms with Crippen LogP contribution >= 0.6 is 0 Å². The average molecular weight is 371 g/mol. The lowest BCUT2D eigenvalue weighted by Crippen LogP contribution is -2.39. The van der Waals surface area contributed by atoms with E-state index in [0.717, 1.165) is 68.4 Å². The molecule has 2 fully saturated rings. The summed E-state index contributed by atoms with van der Waals surface area (Å²) in [6, 6.07) is 9.80. The largest absolute Gasteiger partial charge is 0.497 e. The maximum absolute atomic E-state index is 5.48. The fourth-order valence-electron chi connectivity index (χ4n) is 3.17. The van der Waals surface area contributed by atoms with Crippen LogP contribution < -0.4 is 19.9 Å². The van der Waals surface area contributed by atoms with Crippen molar-refractivity contribution in [1.82, 2.24) is 9.97 Å². The SMILES string of the molecule is COc1ccc(Nc2cc(N3CCOCC3)nc(N3CCOCC3)n2)cc1. The highest BCUT2D eigenvalue weighted by Crippen LogP contribution is 2.25. The van der Waals surface area contributed by atoms with Crippen molar-refractivity contribution in [2.45, 2.75) is 0 Å². The van der Waals surface area contributed by atoms with Gasteiger partial charge in [0, 0.05) is 37.9 Å². The van der Waals surface area contributed by atoms with E-state index in [-0.39, 0.29) is 0 Å². The summed E-state index contributed by atoms with van der Waals surface area (Å²) in [6.07, 6.45) is 0. The van der Waals surface area contributed by atoms with Crippen LogP contribution in [0.25, 0.3) is 0 Å². The molecule has 8 heteroatoms. The molecule has 4 rings (SSSR count). The Kier molecular flexibility index (Phi) is 5.55. The summed E-state index contributed by atoms with van der Waals surface area (Å²) in [4.78, 5) is 14.0. The quantitative estimate of drug-likeness (QED) is 0.855. The third-order valence-electron chi connectivity index (χ3n) is 4.69. The Balaban J connectivity index is 1.61. The lowest BCUT2D eigenvalue weighted by atomic mass is 10.3. The predicted molar refractivity (Wildman–Crippen MR) is 104 cm³/mol. The molecule has 2 aliphatic heterocycles. The number of benzene rings is 1. The highest BCUT2D eigenvalue weighted by Gasteiger charge is 2.19. The Morgan fingerprint density at radius 2 is 1.52 bits per heavy atom. The van der Waals surface area contributed by atoms with E-state index in [1.807, 2.05) is 30.3 Å². The molecular formula is C19H25N5O3. The second kappa shape index (κ2) is 8.41. The number of ether oxygens (including phenoxy) is 3. The first-order valence-electron chi connectivity index (χ1n) is 9.27. The lowest BCUT2D eigenvalue weighted by molar-refractivity contribution is 0.121. The van der Waals surface area contributed by atoms with Crippen molar-refractivity contribution in [2.75, 3.05) is 74.8 Å². The smallest absolute Gasteiger partial charge is 0.229 e. The summed E-state index contributed by atoms with van der Waals surface area (Å²) in [6.45, 7) is 6.11.